The van der Waals surface area contributed by atoms with E-state index in [1.54, 1.807) is 17.0 Å². The van der Waals surface area contributed by atoms with Crippen LogP contribution in [0.5, 0.6) is 6.01 Å². The van der Waals surface area contributed by atoms with Crippen LogP contribution in [-0.2, 0) is 19.1 Å². The summed E-state index contributed by atoms with van der Waals surface area (Å²) in [4.78, 5) is 19.6. The van der Waals surface area contributed by atoms with Crippen LogP contribution >= 0.6 is 0 Å². The number of alkyl halides is 3. The summed E-state index contributed by atoms with van der Waals surface area (Å²) in [6.07, 6.45) is 1.13. The van der Waals surface area contributed by atoms with Gasteiger partial charge < -0.3 is 24.3 Å². The highest BCUT2D eigenvalue weighted by molar-refractivity contribution is 5.58. The number of benzene rings is 1. The predicted molar refractivity (Wildman–Crippen MR) is 140 cm³/mol. The van der Waals surface area contributed by atoms with E-state index in [-0.39, 0.29) is 24.2 Å². The Balaban J connectivity index is 1.49. The molecule has 0 radical (unpaired) electrons. The molecular formula is C28H35F3N6O. The molecule has 0 bridgehead atoms. The molecule has 0 amide bonds. The molecule has 10 heteroatoms. The Morgan fingerprint density at radius 1 is 1.05 bits per heavy atom. The molecule has 0 aliphatic carbocycles. The van der Waals surface area contributed by atoms with E-state index in [2.05, 4.69) is 21.7 Å². The largest absolute Gasteiger partial charge is 0.462 e. The second kappa shape index (κ2) is 11.4. The van der Waals surface area contributed by atoms with Crippen molar-refractivity contribution in [2.24, 2.45) is 5.92 Å². The number of ether oxygens (including phenoxy) is 1. The molecule has 3 aliphatic heterocycles. The summed E-state index contributed by atoms with van der Waals surface area (Å²) in [7, 11) is 2.09. The van der Waals surface area contributed by atoms with Gasteiger partial charge in [0.05, 0.1) is 17.8 Å². The van der Waals surface area contributed by atoms with Crippen molar-refractivity contribution in [3.05, 3.63) is 52.5 Å². The van der Waals surface area contributed by atoms with Gasteiger partial charge >= 0.3 is 12.2 Å². The number of nitrogens with zero attached hydrogens (tertiary/aromatic N) is 6. The van der Waals surface area contributed by atoms with E-state index in [9.17, 15) is 13.2 Å². The number of likely N-dealkylation sites (N-methyl/N-ethyl adjacent to an activating group) is 1. The van der Waals surface area contributed by atoms with Crippen LogP contribution in [0.1, 0.15) is 48.9 Å². The third-order valence-corrected chi connectivity index (χ3v) is 8.04. The number of para-hydroxylation sites is 1. The Hall–Kier alpha value is -3.06. The van der Waals surface area contributed by atoms with E-state index in [1.807, 2.05) is 0 Å². The minimum atomic E-state index is -4.43. The highest BCUT2D eigenvalue weighted by Crippen LogP contribution is 2.39. The maximum absolute atomic E-state index is 13.8. The van der Waals surface area contributed by atoms with Crippen LogP contribution in [-0.4, -0.2) is 67.3 Å². The van der Waals surface area contributed by atoms with Gasteiger partial charge in [-0.15, -0.1) is 0 Å². The molecule has 2 fully saturated rings. The van der Waals surface area contributed by atoms with Crippen molar-refractivity contribution in [1.82, 2.24) is 14.9 Å². The maximum atomic E-state index is 13.8. The van der Waals surface area contributed by atoms with Gasteiger partial charge in [0.15, 0.2) is 0 Å². The number of hydrogen-bond donors (Lipinski definition) is 0. The molecule has 4 heterocycles. The zero-order chi connectivity index (χ0) is 26.7. The van der Waals surface area contributed by atoms with Crippen molar-refractivity contribution in [2.45, 2.75) is 57.3 Å². The summed E-state index contributed by atoms with van der Waals surface area (Å²) in [5, 5.41) is 0. The number of rotatable bonds is 6. The third-order valence-electron chi connectivity index (χ3n) is 8.04. The van der Waals surface area contributed by atoms with E-state index in [0.717, 1.165) is 68.5 Å². The minimum absolute atomic E-state index is 0.179. The molecular weight excluding hydrogens is 493 g/mol. The molecule has 1 aromatic heterocycles. The zero-order valence-electron chi connectivity index (χ0n) is 21.9. The van der Waals surface area contributed by atoms with Crippen molar-refractivity contribution >= 4 is 11.5 Å². The first-order valence-electron chi connectivity index (χ1n) is 13.6. The fourth-order valence-electron chi connectivity index (χ4n) is 6.01. The Bertz CT molecular complexity index is 1170. The Morgan fingerprint density at radius 3 is 2.61 bits per heavy atom. The maximum Gasteiger partial charge on any atom is 0.418 e. The van der Waals surface area contributed by atoms with E-state index < -0.39 is 11.7 Å². The molecule has 3 aliphatic rings. The molecule has 204 valence electrons. The van der Waals surface area contributed by atoms with Gasteiger partial charge in [-0.05, 0) is 64.3 Å². The van der Waals surface area contributed by atoms with Crippen LogP contribution in [0.3, 0.4) is 0 Å². The van der Waals surface area contributed by atoms with Crippen molar-refractivity contribution in [1.29, 1.82) is 0 Å². The van der Waals surface area contributed by atoms with Gasteiger partial charge in [-0.2, -0.15) is 23.1 Å². The number of fused-ring (bicyclic) bond motifs is 1. The number of piperidine rings is 1. The summed E-state index contributed by atoms with van der Waals surface area (Å²) in [6.45, 7) is 11.7. The number of hydrogen-bond acceptors (Lipinski definition) is 6. The topological polar surface area (TPSA) is 49.1 Å². The number of likely N-dealkylation sites (tertiary alicyclic amines) is 1. The normalized spacial score (nSPS) is 22.6. The third kappa shape index (κ3) is 5.83. The molecule has 0 spiro atoms. The summed E-state index contributed by atoms with van der Waals surface area (Å²) < 4.78 is 47.7. The zero-order valence-corrected chi connectivity index (χ0v) is 21.9. The van der Waals surface area contributed by atoms with Crippen LogP contribution < -0.4 is 14.5 Å². The molecule has 7 nitrogen and oxygen atoms in total. The summed E-state index contributed by atoms with van der Waals surface area (Å²) in [5.74, 6) is 1.11. The lowest BCUT2D eigenvalue weighted by molar-refractivity contribution is -0.137. The van der Waals surface area contributed by atoms with Crippen LogP contribution in [0.2, 0.25) is 0 Å². The van der Waals surface area contributed by atoms with Crippen molar-refractivity contribution in [3.63, 3.8) is 0 Å². The summed E-state index contributed by atoms with van der Waals surface area (Å²) in [5.41, 5.74) is 1.27. The molecule has 2 atom stereocenters. The number of aromatic nitrogens is 2. The molecule has 5 rings (SSSR count). The highest BCUT2D eigenvalue weighted by Gasteiger charge is 2.36. The minimum Gasteiger partial charge on any atom is -0.462 e. The van der Waals surface area contributed by atoms with E-state index in [0.29, 0.717) is 38.6 Å². The smallest absolute Gasteiger partial charge is 0.418 e. The van der Waals surface area contributed by atoms with Gasteiger partial charge in [0.25, 0.3) is 0 Å². The molecule has 38 heavy (non-hydrogen) atoms. The van der Waals surface area contributed by atoms with Crippen molar-refractivity contribution < 1.29 is 17.9 Å². The van der Waals surface area contributed by atoms with Crippen LogP contribution in [0.25, 0.3) is 4.85 Å². The van der Waals surface area contributed by atoms with Gasteiger partial charge in [0, 0.05) is 42.8 Å². The first-order valence-corrected chi connectivity index (χ1v) is 13.6. The molecule has 1 aromatic carbocycles. The van der Waals surface area contributed by atoms with Gasteiger partial charge in [0.2, 0.25) is 6.54 Å². The summed E-state index contributed by atoms with van der Waals surface area (Å²) in [6, 6.07) is 6.36. The molecule has 0 N–H and O–H groups in total. The fourth-order valence-corrected chi connectivity index (χ4v) is 6.01. The van der Waals surface area contributed by atoms with Crippen molar-refractivity contribution in [2.75, 3.05) is 56.2 Å². The lowest BCUT2D eigenvalue weighted by Gasteiger charge is -2.33. The number of anilines is 2. The average molecular weight is 529 g/mol. The van der Waals surface area contributed by atoms with Gasteiger partial charge in [-0.1, -0.05) is 12.1 Å². The quantitative estimate of drug-likeness (QED) is 0.489. The van der Waals surface area contributed by atoms with E-state index in [4.69, 9.17) is 21.3 Å². The van der Waals surface area contributed by atoms with E-state index in [1.165, 1.54) is 6.07 Å². The van der Waals surface area contributed by atoms with Crippen LogP contribution in [0.15, 0.2) is 24.3 Å². The highest BCUT2D eigenvalue weighted by atomic mass is 19.4. The fraction of sp³-hybridized carbons (Fsp3) is 0.607. The first kappa shape index (κ1) is 26.5. The Morgan fingerprint density at radius 2 is 1.84 bits per heavy atom. The lowest BCUT2D eigenvalue weighted by atomic mass is 9.97. The Labute approximate surface area is 222 Å². The molecule has 0 saturated carbocycles. The summed E-state index contributed by atoms with van der Waals surface area (Å²) >= 11 is 0. The number of halogens is 3. The van der Waals surface area contributed by atoms with Crippen molar-refractivity contribution in [3.8, 4) is 6.01 Å². The van der Waals surface area contributed by atoms with Gasteiger partial charge in [0.1, 0.15) is 12.4 Å². The van der Waals surface area contributed by atoms with Crippen LogP contribution in [0.4, 0.5) is 24.7 Å². The average Bonchev–Trinajstić information content (AvgIpc) is 3.19. The standard InChI is InChI=1S/C28H35F3N6O/c1-32-16-20-8-5-15-37(17-20)26-22-10-7-14-36(25-12-4-3-11-23(25)28(29,30)31)18-24(22)33-27(34-26)38-19-21-9-6-13-35(21)2/h3-4,11-12,20-21H,5-10,13-19H2,2H3/t20-,21-/m0/s1. The monoisotopic (exact) mass is 528 g/mol. The molecule has 2 aromatic rings. The molecule has 2 saturated heterocycles. The second-order valence-corrected chi connectivity index (χ2v) is 10.7. The predicted octanol–water partition coefficient (Wildman–Crippen LogP) is 5.06. The van der Waals surface area contributed by atoms with Gasteiger partial charge in [-0.25, -0.2) is 6.57 Å². The Kier molecular flexibility index (Phi) is 7.93. The van der Waals surface area contributed by atoms with E-state index >= 15 is 0 Å². The van der Waals surface area contributed by atoms with Crippen LogP contribution in [0, 0.1) is 12.5 Å². The SMILES string of the molecule is [C-]#[N+]C[C@@H]1CCCN(c2nc(OC[C@@H]3CCCN3C)nc3c2CCCN(c2ccccc2C(F)(F)F)C3)C1. The second-order valence-electron chi connectivity index (χ2n) is 10.7. The molecule has 0 unspecified atom stereocenters. The lowest BCUT2D eigenvalue weighted by Crippen LogP contribution is -2.38. The first-order chi connectivity index (χ1) is 18.3. The van der Waals surface area contributed by atoms with Gasteiger partial charge in [-0.3, -0.25) is 0 Å².